The number of halogens is 2. The summed E-state index contributed by atoms with van der Waals surface area (Å²) in [4.78, 5) is 0. The zero-order valence-corrected chi connectivity index (χ0v) is 11.0. The third-order valence-electron chi connectivity index (χ3n) is 3.20. The van der Waals surface area contributed by atoms with Gasteiger partial charge in [-0.1, -0.05) is 37.3 Å². The van der Waals surface area contributed by atoms with Crippen LogP contribution in [0.15, 0.2) is 24.8 Å². The smallest absolute Gasteiger partial charge is 0.115 e. The van der Waals surface area contributed by atoms with Gasteiger partial charge in [0.1, 0.15) is 12.3 Å². The van der Waals surface area contributed by atoms with Crippen LogP contribution in [0.3, 0.4) is 0 Å². The summed E-state index contributed by atoms with van der Waals surface area (Å²) in [6, 6.07) is 5.66. The van der Waals surface area contributed by atoms with Gasteiger partial charge in [-0.2, -0.15) is 0 Å². The van der Waals surface area contributed by atoms with E-state index in [0.29, 0.717) is 5.57 Å². The number of hydrogen-bond acceptors (Lipinski definition) is 0. The van der Waals surface area contributed by atoms with Crippen LogP contribution < -0.4 is 0 Å². The molecule has 0 saturated carbocycles. The lowest BCUT2D eigenvalue weighted by Crippen LogP contribution is -2.21. The molecule has 0 aliphatic carbocycles. The van der Waals surface area contributed by atoms with E-state index in [1.807, 2.05) is 32.0 Å². The van der Waals surface area contributed by atoms with Crippen LogP contribution in [0, 0.1) is 6.92 Å². The van der Waals surface area contributed by atoms with Gasteiger partial charge in [0.05, 0.1) is 0 Å². The molecule has 0 saturated heterocycles. The van der Waals surface area contributed by atoms with Crippen molar-refractivity contribution >= 4 is 5.57 Å². The maximum absolute atomic E-state index is 13.9. The zero-order valence-electron chi connectivity index (χ0n) is 11.0. The molecule has 0 radical (unpaired) electrons. The van der Waals surface area contributed by atoms with Gasteiger partial charge in [-0.15, -0.1) is 0 Å². The summed E-state index contributed by atoms with van der Waals surface area (Å²) in [7, 11) is 0. The summed E-state index contributed by atoms with van der Waals surface area (Å²) in [5.74, 6) is -0.228. The van der Waals surface area contributed by atoms with Crippen molar-refractivity contribution < 1.29 is 8.78 Å². The van der Waals surface area contributed by atoms with Gasteiger partial charge in [-0.05, 0) is 37.5 Å². The van der Waals surface area contributed by atoms with E-state index in [9.17, 15) is 8.78 Å². The van der Waals surface area contributed by atoms with Crippen molar-refractivity contribution in [3.8, 4) is 0 Å². The van der Waals surface area contributed by atoms with Crippen molar-refractivity contribution in [3.63, 3.8) is 0 Å². The highest BCUT2D eigenvalue weighted by molar-refractivity contribution is 5.65. The van der Waals surface area contributed by atoms with Crippen LogP contribution in [0.25, 0.3) is 5.57 Å². The van der Waals surface area contributed by atoms with Gasteiger partial charge in [-0.25, -0.2) is 8.78 Å². The summed E-state index contributed by atoms with van der Waals surface area (Å²) in [6.07, 6.45) is 0. The Morgan fingerprint density at radius 2 is 1.94 bits per heavy atom. The first-order valence-electron chi connectivity index (χ1n) is 5.80. The van der Waals surface area contributed by atoms with Crippen LogP contribution in [0.4, 0.5) is 8.78 Å². The Kier molecular flexibility index (Phi) is 4.07. The first-order valence-corrected chi connectivity index (χ1v) is 5.80. The highest BCUT2D eigenvalue weighted by Crippen LogP contribution is 2.32. The van der Waals surface area contributed by atoms with Gasteiger partial charge in [0.15, 0.2) is 0 Å². The van der Waals surface area contributed by atoms with E-state index < -0.39 is 12.3 Å². The van der Waals surface area contributed by atoms with E-state index in [2.05, 4.69) is 6.58 Å². The SMILES string of the molecule is C=C(CF)c1cc(C)cc(C(C)C(C)(C)F)c1. The van der Waals surface area contributed by atoms with E-state index in [0.717, 1.165) is 16.7 Å². The molecule has 0 spiro atoms. The summed E-state index contributed by atoms with van der Waals surface area (Å²) in [6.45, 7) is 9.99. The lowest BCUT2D eigenvalue weighted by molar-refractivity contribution is 0.180. The summed E-state index contributed by atoms with van der Waals surface area (Å²) in [5, 5.41) is 0. The fourth-order valence-corrected chi connectivity index (χ4v) is 1.74. The topological polar surface area (TPSA) is 0 Å². The van der Waals surface area contributed by atoms with E-state index in [4.69, 9.17) is 0 Å². The standard InChI is InChI=1S/C15H20F2/c1-10-6-13(11(2)9-16)8-14(7-10)12(3)15(4,5)17/h6-8,12H,2,9H2,1,3-5H3. The molecular weight excluding hydrogens is 218 g/mol. The Morgan fingerprint density at radius 3 is 2.41 bits per heavy atom. The molecule has 2 heteroatoms. The molecule has 0 aromatic heterocycles. The predicted molar refractivity (Wildman–Crippen MR) is 69.8 cm³/mol. The Morgan fingerprint density at radius 1 is 1.35 bits per heavy atom. The van der Waals surface area contributed by atoms with Crippen molar-refractivity contribution in [3.05, 3.63) is 41.5 Å². The molecule has 1 unspecified atom stereocenters. The average Bonchev–Trinajstić information content (AvgIpc) is 2.24. The molecule has 1 aromatic rings. The maximum Gasteiger partial charge on any atom is 0.115 e. The molecule has 94 valence electrons. The van der Waals surface area contributed by atoms with Crippen LogP contribution in [0.1, 0.15) is 43.4 Å². The number of rotatable bonds is 4. The monoisotopic (exact) mass is 238 g/mol. The van der Waals surface area contributed by atoms with Crippen molar-refractivity contribution in [2.24, 2.45) is 0 Å². The normalized spacial score (nSPS) is 13.5. The summed E-state index contributed by atoms with van der Waals surface area (Å²) >= 11 is 0. The van der Waals surface area contributed by atoms with Crippen LogP contribution in [-0.4, -0.2) is 12.3 Å². The van der Waals surface area contributed by atoms with Crippen LogP contribution in [-0.2, 0) is 0 Å². The number of allylic oxidation sites excluding steroid dienone is 1. The average molecular weight is 238 g/mol. The fraction of sp³-hybridized carbons (Fsp3) is 0.467. The lowest BCUT2D eigenvalue weighted by Gasteiger charge is -2.24. The van der Waals surface area contributed by atoms with E-state index in [-0.39, 0.29) is 5.92 Å². The quantitative estimate of drug-likeness (QED) is 0.704. The number of hydrogen-bond donors (Lipinski definition) is 0. The molecule has 0 nitrogen and oxygen atoms in total. The molecule has 1 atom stereocenters. The largest absolute Gasteiger partial charge is 0.246 e. The molecule has 0 bridgehead atoms. The van der Waals surface area contributed by atoms with Gasteiger partial charge >= 0.3 is 0 Å². The minimum atomic E-state index is -1.29. The molecule has 0 heterocycles. The van der Waals surface area contributed by atoms with Crippen molar-refractivity contribution in [1.29, 1.82) is 0 Å². The predicted octanol–water partition coefficient (Wildman–Crippen LogP) is 4.83. The summed E-state index contributed by atoms with van der Waals surface area (Å²) in [5.41, 5.74) is 1.81. The second kappa shape index (κ2) is 4.99. The molecule has 0 aliphatic rings. The third kappa shape index (κ3) is 3.39. The van der Waals surface area contributed by atoms with Gasteiger partial charge in [0.25, 0.3) is 0 Å². The maximum atomic E-state index is 13.9. The Balaban J connectivity index is 3.18. The van der Waals surface area contributed by atoms with E-state index in [1.165, 1.54) is 0 Å². The number of aryl methyl sites for hydroxylation is 1. The van der Waals surface area contributed by atoms with Crippen molar-refractivity contribution in [2.45, 2.75) is 39.3 Å². The molecule has 0 amide bonds. The Hall–Kier alpha value is -1.18. The molecule has 0 aliphatic heterocycles. The molecule has 1 rings (SSSR count). The molecule has 1 aromatic carbocycles. The van der Waals surface area contributed by atoms with Crippen molar-refractivity contribution in [2.75, 3.05) is 6.67 Å². The molecule has 17 heavy (non-hydrogen) atoms. The second-order valence-electron chi connectivity index (χ2n) is 5.16. The number of alkyl halides is 2. The first-order chi connectivity index (χ1) is 7.75. The summed E-state index contributed by atoms with van der Waals surface area (Å²) < 4.78 is 26.5. The zero-order chi connectivity index (χ0) is 13.2. The van der Waals surface area contributed by atoms with E-state index in [1.54, 1.807) is 13.8 Å². The minimum absolute atomic E-state index is 0.228. The first kappa shape index (κ1) is 13.9. The Bertz CT molecular complexity index is 413. The van der Waals surface area contributed by atoms with Crippen LogP contribution in [0.2, 0.25) is 0 Å². The Labute approximate surface area is 102 Å². The third-order valence-corrected chi connectivity index (χ3v) is 3.20. The molecule has 0 N–H and O–H groups in total. The van der Waals surface area contributed by atoms with Crippen LogP contribution in [0.5, 0.6) is 0 Å². The van der Waals surface area contributed by atoms with Gasteiger partial charge in [-0.3, -0.25) is 0 Å². The minimum Gasteiger partial charge on any atom is -0.246 e. The van der Waals surface area contributed by atoms with E-state index >= 15 is 0 Å². The highest BCUT2D eigenvalue weighted by Gasteiger charge is 2.26. The van der Waals surface area contributed by atoms with Crippen LogP contribution >= 0.6 is 0 Å². The fourth-order valence-electron chi connectivity index (χ4n) is 1.74. The number of benzene rings is 1. The van der Waals surface area contributed by atoms with Gasteiger partial charge < -0.3 is 0 Å². The van der Waals surface area contributed by atoms with Crippen molar-refractivity contribution in [1.82, 2.24) is 0 Å². The lowest BCUT2D eigenvalue weighted by atomic mass is 9.85. The van der Waals surface area contributed by atoms with Gasteiger partial charge in [0.2, 0.25) is 0 Å². The van der Waals surface area contributed by atoms with Gasteiger partial charge in [0, 0.05) is 5.92 Å². The molecular formula is C15H20F2. The molecule has 0 fully saturated rings. The highest BCUT2D eigenvalue weighted by atomic mass is 19.1. The second-order valence-corrected chi connectivity index (χ2v) is 5.16.